The van der Waals surface area contributed by atoms with Gasteiger partial charge in [-0.15, -0.1) is 10.2 Å². The number of nitrogens with one attached hydrogen (secondary N) is 1. The number of nitrogens with zero attached hydrogens (tertiary/aromatic N) is 4. The van der Waals surface area contributed by atoms with Gasteiger partial charge in [-0.2, -0.15) is 0 Å². The van der Waals surface area contributed by atoms with Crippen LogP contribution in [0.2, 0.25) is 0 Å². The Morgan fingerprint density at radius 1 is 1.00 bits per heavy atom. The number of aryl methyl sites for hydroxylation is 1. The van der Waals surface area contributed by atoms with Crippen molar-refractivity contribution in [2.75, 3.05) is 0 Å². The molecule has 0 saturated heterocycles. The molecule has 0 bridgehead atoms. The molecule has 0 atom stereocenters. The van der Waals surface area contributed by atoms with Gasteiger partial charge in [0.05, 0.1) is 17.6 Å². The second kappa shape index (κ2) is 6.60. The lowest BCUT2D eigenvalue weighted by Gasteiger charge is -2.15. The third-order valence-electron chi connectivity index (χ3n) is 5.31. The average Bonchev–Trinajstić information content (AvgIpc) is 3.34. The first-order chi connectivity index (χ1) is 13.7. The number of pyridine rings is 1. The van der Waals surface area contributed by atoms with Gasteiger partial charge >= 0.3 is 0 Å². The molecule has 7 nitrogen and oxygen atoms in total. The molecule has 1 N–H and O–H groups in total. The van der Waals surface area contributed by atoms with E-state index in [1.165, 1.54) is 0 Å². The van der Waals surface area contributed by atoms with E-state index in [2.05, 4.69) is 20.1 Å². The molecule has 140 valence electrons. The van der Waals surface area contributed by atoms with Crippen LogP contribution in [0.4, 0.5) is 0 Å². The molecule has 1 amide bonds. The average molecular weight is 373 g/mol. The van der Waals surface area contributed by atoms with Crippen molar-refractivity contribution in [2.24, 2.45) is 0 Å². The van der Waals surface area contributed by atoms with Gasteiger partial charge in [0.15, 0.2) is 11.3 Å². The van der Waals surface area contributed by atoms with E-state index >= 15 is 0 Å². The highest BCUT2D eigenvalue weighted by Gasteiger charge is 2.18. The largest absolute Gasteiger partial charge is 0.347 e. The van der Waals surface area contributed by atoms with Gasteiger partial charge in [0.1, 0.15) is 12.4 Å². The lowest BCUT2D eigenvalue weighted by molar-refractivity contribution is -0.121. The van der Waals surface area contributed by atoms with Crippen LogP contribution in [-0.2, 0) is 30.8 Å². The molecule has 4 aromatic rings. The maximum absolute atomic E-state index is 12.8. The van der Waals surface area contributed by atoms with Crippen molar-refractivity contribution < 1.29 is 4.79 Å². The summed E-state index contributed by atoms with van der Waals surface area (Å²) >= 11 is 0. The van der Waals surface area contributed by atoms with E-state index < -0.39 is 0 Å². The maximum atomic E-state index is 12.8. The standard InChI is InChI=1S/C21H19N5O2/c27-20(22-12-19-24-23-18-10-5-11-25(18)19)13-26-16-8-3-1-6-14(16)21(28)15-7-2-4-9-17(15)26/h1-4,6-9H,5,10-13H2,(H,22,27). The summed E-state index contributed by atoms with van der Waals surface area (Å²) in [5.41, 5.74) is 1.50. The summed E-state index contributed by atoms with van der Waals surface area (Å²) < 4.78 is 3.97. The number of benzene rings is 2. The molecule has 0 aliphatic carbocycles. The van der Waals surface area contributed by atoms with Crippen LogP contribution in [-0.4, -0.2) is 25.2 Å². The molecule has 2 aromatic carbocycles. The van der Waals surface area contributed by atoms with Crippen molar-refractivity contribution in [3.05, 3.63) is 70.4 Å². The Bertz CT molecular complexity index is 1210. The van der Waals surface area contributed by atoms with Crippen molar-refractivity contribution in [2.45, 2.75) is 32.5 Å². The molecule has 1 aliphatic heterocycles. The highest BCUT2D eigenvalue weighted by Crippen LogP contribution is 2.19. The van der Waals surface area contributed by atoms with Crippen LogP contribution in [0.3, 0.4) is 0 Å². The predicted octanol–water partition coefficient (Wildman–Crippen LogP) is 2.01. The first kappa shape index (κ1) is 16.7. The number of hydrogen-bond acceptors (Lipinski definition) is 4. The Labute approximate surface area is 160 Å². The number of rotatable bonds is 4. The minimum Gasteiger partial charge on any atom is -0.347 e. The number of carbonyl (C=O) groups excluding carboxylic acids is 1. The summed E-state index contributed by atoms with van der Waals surface area (Å²) in [6.07, 6.45) is 2.01. The first-order valence-corrected chi connectivity index (χ1v) is 9.40. The molecule has 0 fully saturated rings. The summed E-state index contributed by atoms with van der Waals surface area (Å²) in [4.78, 5) is 25.5. The highest BCUT2D eigenvalue weighted by molar-refractivity contribution is 5.94. The van der Waals surface area contributed by atoms with E-state index in [9.17, 15) is 9.59 Å². The molecular weight excluding hydrogens is 354 g/mol. The van der Waals surface area contributed by atoms with Crippen LogP contribution >= 0.6 is 0 Å². The predicted molar refractivity (Wildman–Crippen MR) is 106 cm³/mol. The molecule has 0 saturated carbocycles. The Balaban J connectivity index is 1.47. The molecule has 2 aromatic heterocycles. The third kappa shape index (κ3) is 2.67. The summed E-state index contributed by atoms with van der Waals surface area (Å²) in [5.74, 6) is 1.64. The van der Waals surface area contributed by atoms with Crippen molar-refractivity contribution in [3.8, 4) is 0 Å². The smallest absolute Gasteiger partial charge is 0.240 e. The van der Waals surface area contributed by atoms with Crippen molar-refractivity contribution in [1.82, 2.24) is 24.6 Å². The fraction of sp³-hybridized carbons (Fsp3) is 0.238. The molecule has 0 radical (unpaired) electrons. The zero-order valence-corrected chi connectivity index (χ0v) is 15.3. The van der Waals surface area contributed by atoms with Crippen LogP contribution in [0.5, 0.6) is 0 Å². The summed E-state index contributed by atoms with van der Waals surface area (Å²) in [6.45, 7) is 1.38. The van der Waals surface area contributed by atoms with Crippen LogP contribution < -0.4 is 10.7 Å². The first-order valence-electron chi connectivity index (χ1n) is 9.40. The monoisotopic (exact) mass is 373 g/mol. The zero-order valence-electron chi connectivity index (χ0n) is 15.3. The number of carbonyl (C=O) groups is 1. The van der Waals surface area contributed by atoms with Crippen LogP contribution in [0.1, 0.15) is 18.1 Å². The summed E-state index contributed by atoms with van der Waals surface area (Å²) in [6, 6.07) is 14.8. The molecule has 3 heterocycles. The number of para-hydroxylation sites is 2. The van der Waals surface area contributed by atoms with Gasteiger partial charge in [-0.05, 0) is 30.7 Å². The van der Waals surface area contributed by atoms with E-state index in [1.807, 2.05) is 41.0 Å². The number of aromatic nitrogens is 4. The zero-order chi connectivity index (χ0) is 19.1. The lowest BCUT2D eigenvalue weighted by atomic mass is 10.1. The minimum absolute atomic E-state index is 0.0121. The van der Waals surface area contributed by atoms with Crippen molar-refractivity contribution >= 4 is 27.7 Å². The van der Waals surface area contributed by atoms with Crippen LogP contribution in [0.15, 0.2) is 53.3 Å². The van der Waals surface area contributed by atoms with E-state index in [-0.39, 0.29) is 17.9 Å². The number of fused-ring (bicyclic) bond motifs is 3. The van der Waals surface area contributed by atoms with Crippen LogP contribution in [0.25, 0.3) is 21.8 Å². The van der Waals surface area contributed by atoms with Crippen LogP contribution in [0, 0.1) is 0 Å². The summed E-state index contributed by atoms with van der Waals surface area (Å²) in [7, 11) is 0. The van der Waals surface area contributed by atoms with E-state index in [4.69, 9.17) is 0 Å². The van der Waals surface area contributed by atoms with Gasteiger partial charge in [0.25, 0.3) is 0 Å². The topological polar surface area (TPSA) is 81.8 Å². The Hall–Kier alpha value is -3.48. The second-order valence-corrected chi connectivity index (χ2v) is 7.01. The quantitative estimate of drug-likeness (QED) is 0.555. The third-order valence-corrected chi connectivity index (χ3v) is 5.31. The fourth-order valence-corrected chi connectivity index (χ4v) is 3.97. The molecule has 0 unspecified atom stereocenters. The van der Waals surface area contributed by atoms with E-state index in [0.717, 1.165) is 42.1 Å². The van der Waals surface area contributed by atoms with Gasteiger partial charge in [0, 0.05) is 23.7 Å². The normalized spacial score (nSPS) is 13.1. The minimum atomic E-state index is -0.130. The Kier molecular flexibility index (Phi) is 3.93. The fourth-order valence-electron chi connectivity index (χ4n) is 3.97. The van der Waals surface area contributed by atoms with Gasteiger partial charge in [0.2, 0.25) is 5.91 Å². The lowest BCUT2D eigenvalue weighted by Crippen LogP contribution is -2.29. The number of amides is 1. The van der Waals surface area contributed by atoms with E-state index in [0.29, 0.717) is 17.3 Å². The molecule has 1 aliphatic rings. The molecule has 0 spiro atoms. The number of hydrogen-bond donors (Lipinski definition) is 1. The Morgan fingerprint density at radius 2 is 1.68 bits per heavy atom. The summed E-state index contributed by atoms with van der Waals surface area (Å²) in [5, 5.41) is 12.5. The molecule has 7 heteroatoms. The van der Waals surface area contributed by atoms with Crippen molar-refractivity contribution in [1.29, 1.82) is 0 Å². The van der Waals surface area contributed by atoms with Crippen molar-refractivity contribution in [3.63, 3.8) is 0 Å². The Morgan fingerprint density at radius 3 is 2.39 bits per heavy atom. The SMILES string of the molecule is O=C(Cn1c2ccccc2c(=O)c2ccccc21)NCc1nnc2n1CCC2. The van der Waals surface area contributed by atoms with Gasteiger partial charge in [-0.1, -0.05) is 24.3 Å². The molecule has 28 heavy (non-hydrogen) atoms. The van der Waals surface area contributed by atoms with Gasteiger partial charge in [-0.3, -0.25) is 9.59 Å². The van der Waals surface area contributed by atoms with Gasteiger partial charge in [-0.25, -0.2) is 0 Å². The van der Waals surface area contributed by atoms with Gasteiger partial charge < -0.3 is 14.5 Å². The molecular formula is C21H19N5O2. The second-order valence-electron chi connectivity index (χ2n) is 7.01. The van der Waals surface area contributed by atoms with E-state index in [1.54, 1.807) is 12.1 Å². The highest BCUT2D eigenvalue weighted by atomic mass is 16.2. The maximum Gasteiger partial charge on any atom is 0.240 e. The molecule has 5 rings (SSSR count).